The molecular weight excluding hydrogens is 288 g/mol. The van der Waals surface area contributed by atoms with E-state index >= 15 is 0 Å². The fourth-order valence-electron chi connectivity index (χ4n) is 2.07. The maximum atomic E-state index is 6.05. The number of nitrogens with zero attached hydrogens (tertiary/aromatic N) is 1. The first-order valence-corrected chi connectivity index (χ1v) is 7.13. The van der Waals surface area contributed by atoms with Gasteiger partial charge >= 0.3 is 0 Å². The number of imidazole rings is 1. The number of halogens is 1. The van der Waals surface area contributed by atoms with Gasteiger partial charge in [-0.25, -0.2) is 4.98 Å². The summed E-state index contributed by atoms with van der Waals surface area (Å²) in [5.74, 6) is 2.22. The summed E-state index contributed by atoms with van der Waals surface area (Å²) >= 11 is 6.05. The maximum Gasteiger partial charge on any atom is 0.146 e. The molecule has 3 aromatic rings. The molecule has 3 rings (SSSR count). The summed E-state index contributed by atoms with van der Waals surface area (Å²) in [6.45, 7) is 2.94. The minimum absolute atomic E-state index is 0.336. The second-order valence-corrected chi connectivity index (χ2v) is 4.92. The minimum atomic E-state index is 0.336. The summed E-state index contributed by atoms with van der Waals surface area (Å²) in [6.07, 6.45) is 0. The van der Waals surface area contributed by atoms with Crippen LogP contribution in [0.25, 0.3) is 11.0 Å². The van der Waals surface area contributed by atoms with E-state index in [0.717, 1.165) is 22.6 Å². The predicted octanol–water partition coefficient (Wildman–Crippen LogP) is 4.19. The normalized spacial score (nSPS) is 10.8. The maximum absolute atomic E-state index is 6.05. The molecule has 108 valence electrons. The van der Waals surface area contributed by atoms with Crippen LogP contribution < -0.4 is 9.47 Å². The van der Waals surface area contributed by atoms with Crippen LogP contribution in [0.15, 0.2) is 42.5 Å². The van der Waals surface area contributed by atoms with Crippen LogP contribution >= 0.6 is 11.6 Å². The molecule has 0 saturated carbocycles. The van der Waals surface area contributed by atoms with Crippen molar-refractivity contribution in [2.45, 2.75) is 13.5 Å². The molecule has 1 N–H and O–H groups in total. The molecule has 0 aliphatic carbocycles. The van der Waals surface area contributed by atoms with E-state index in [4.69, 9.17) is 21.1 Å². The third-order valence-electron chi connectivity index (χ3n) is 3.01. The van der Waals surface area contributed by atoms with Gasteiger partial charge in [0.05, 0.1) is 22.7 Å². The average Bonchev–Trinajstić information content (AvgIpc) is 2.89. The van der Waals surface area contributed by atoms with E-state index < -0.39 is 0 Å². The number of hydrogen-bond donors (Lipinski definition) is 1. The summed E-state index contributed by atoms with van der Waals surface area (Å²) in [6, 6.07) is 13.1. The SMILES string of the molecule is CCOc1ccc2nc(COc3ccccc3Cl)[nH]c2c1. The van der Waals surface area contributed by atoms with Crippen LogP contribution in [0.2, 0.25) is 5.02 Å². The van der Waals surface area contributed by atoms with Crippen molar-refractivity contribution in [1.82, 2.24) is 9.97 Å². The minimum Gasteiger partial charge on any atom is -0.494 e. The van der Waals surface area contributed by atoms with Crippen molar-refractivity contribution >= 4 is 22.6 Å². The molecule has 0 unspecified atom stereocenters. The fraction of sp³-hybridized carbons (Fsp3) is 0.188. The second-order valence-electron chi connectivity index (χ2n) is 4.51. The first-order valence-electron chi connectivity index (χ1n) is 6.75. The summed E-state index contributed by atoms with van der Waals surface area (Å²) in [4.78, 5) is 7.70. The third-order valence-corrected chi connectivity index (χ3v) is 3.33. The number of hydrogen-bond acceptors (Lipinski definition) is 3. The fourth-order valence-corrected chi connectivity index (χ4v) is 2.26. The third kappa shape index (κ3) is 3.11. The zero-order chi connectivity index (χ0) is 14.7. The van der Waals surface area contributed by atoms with Gasteiger partial charge in [0.1, 0.15) is 23.9 Å². The Morgan fingerprint density at radius 2 is 2.00 bits per heavy atom. The van der Waals surface area contributed by atoms with E-state index in [1.807, 2.05) is 43.3 Å². The first-order chi connectivity index (χ1) is 10.3. The lowest BCUT2D eigenvalue weighted by molar-refractivity contribution is 0.297. The van der Waals surface area contributed by atoms with Crippen molar-refractivity contribution in [2.75, 3.05) is 6.61 Å². The van der Waals surface area contributed by atoms with E-state index in [0.29, 0.717) is 24.0 Å². The van der Waals surface area contributed by atoms with Crippen LogP contribution in [0.4, 0.5) is 0 Å². The zero-order valence-electron chi connectivity index (χ0n) is 11.6. The molecule has 4 nitrogen and oxygen atoms in total. The molecular formula is C16H15ClN2O2. The average molecular weight is 303 g/mol. The summed E-state index contributed by atoms with van der Waals surface area (Å²) in [7, 11) is 0. The highest BCUT2D eigenvalue weighted by molar-refractivity contribution is 6.32. The van der Waals surface area contributed by atoms with Crippen molar-refractivity contribution in [2.24, 2.45) is 0 Å². The van der Waals surface area contributed by atoms with Crippen LogP contribution in [0.3, 0.4) is 0 Å². The number of aromatic nitrogens is 2. The van der Waals surface area contributed by atoms with Crippen molar-refractivity contribution in [1.29, 1.82) is 0 Å². The quantitative estimate of drug-likeness (QED) is 0.768. The van der Waals surface area contributed by atoms with E-state index in [2.05, 4.69) is 9.97 Å². The Hall–Kier alpha value is -2.20. The standard InChI is InChI=1S/C16H15ClN2O2/c1-2-20-11-7-8-13-14(9-11)19-16(18-13)10-21-15-6-4-3-5-12(15)17/h3-9H,2,10H2,1H3,(H,18,19). The largest absolute Gasteiger partial charge is 0.494 e. The van der Waals surface area contributed by atoms with Crippen LogP contribution in [-0.2, 0) is 6.61 Å². The lowest BCUT2D eigenvalue weighted by atomic mass is 10.3. The van der Waals surface area contributed by atoms with Crippen molar-refractivity contribution < 1.29 is 9.47 Å². The van der Waals surface area contributed by atoms with Crippen molar-refractivity contribution in [3.8, 4) is 11.5 Å². The topological polar surface area (TPSA) is 47.1 Å². The van der Waals surface area contributed by atoms with Gasteiger partial charge in [-0.3, -0.25) is 0 Å². The number of aromatic amines is 1. The highest BCUT2D eigenvalue weighted by Crippen LogP contribution is 2.24. The van der Waals surface area contributed by atoms with Crippen LogP contribution in [-0.4, -0.2) is 16.6 Å². The molecule has 0 spiro atoms. The van der Waals surface area contributed by atoms with Gasteiger partial charge in [-0.15, -0.1) is 0 Å². The summed E-state index contributed by atoms with van der Waals surface area (Å²) in [5, 5.41) is 0.590. The molecule has 5 heteroatoms. The van der Waals surface area contributed by atoms with Crippen molar-refractivity contribution in [3.05, 3.63) is 53.3 Å². The van der Waals surface area contributed by atoms with Crippen molar-refractivity contribution in [3.63, 3.8) is 0 Å². The Morgan fingerprint density at radius 3 is 2.81 bits per heavy atom. The monoisotopic (exact) mass is 302 g/mol. The Balaban J connectivity index is 1.77. The predicted molar refractivity (Wildman–Crippen MR) is 83.0 cm³/mol. The van der Waals surface area contributed by atoms with Gasteiger partial charge < -0.3 is 14.5 Å². The summed E-state index contributed by atoms with van der Waals surface area (Å²) < 4.78 is 11.1. The lowest BCUT2D eigenvalue weighted by Gasteiger charge is -2.05. The molecule has 21 heavy (non-hydrogen) atoms. The van der Waals surface area contributed by atoms with Crippen LogP contribution in [0, 0.1) is 0 Å². The Bertz CT molecular complexity index is 755. The second kappa shape index (κ2) is 6.06. The van der Waals surface area contributed by atoms with Gasteiger partial charge in [-0.2, -0.15) is 0 Å². The molecule has 0 fully saturated rings. The molecule has 0 aliphatic rings. The van der Waals surface area contributed by atoms with Crippen LogP contribution in [0.1, 0.15) is 12.7 Å². The number of nitrogens with one attached hydrogen (secondary N) is 1. The van der Waals surface area contributed by atoms with E-state index in [1.54, 1.807) is 6.07 Å². The number of fused-ring (bicyclic) bond motifs is 1. The van der Waals surface area contributed by atoms with E-state index in [9.17, 15) is 0 Å². The molecule has 0 bridgehead atoms. The number of H-pyrrole nitrogens is 1. The number of benzene rings is 2. The van der Waals surface area contributed by atoms with Gasteiger partial charge in [0.2, 0.25) is 0 Å². The number of rotatable bonds is 5. The highest BCUT2D eigenvalue weighted by Gasteiger charge is 2.06. The number of para-hydroxylation sites is 1. The molecule has 0 atom stereocenters. The molecule has 1 heterocycles. The molecule has 0 radical (unpaired) electrons. The van der Waals surface area contributed by atoms with Gasteiger partial charge in [-0.05, 0) is 31.2 Å². The molecule has 0 saturated heterocycles. The van der Waals surface area contributed by atoms with Gasteiger partial charge in [0.15, 0.2) is 0 Å². The van der Waals surface area contributed by atoms with Gasteiger partial charge in [0.25, 0.3) is 0 Å². The lowest BCUT2D eigenvalue weighted by Crippen LogP contribution is -1.97. The Kier molecular flexibility index (Phi) is 3.97. The smallest absolute Gasteiger partial charge is 0.146 e. The molecule has 1 aromatic heterocycles. The van der Waals surface area contributed by atoms with E-state index in [-0.39, 0.29) is 0 Å². The Morgan fingerprint density at radius 1 is 1.14 bits per heavy atom. The van der Waals surface area contributed by atoms with Gasteiger partial charge in [-0.1, -0.05) is 23.7 Å². The molecule has 0 aliphatic heterocycles. The summed E-state index contributed by atoms with van der Waals surface area (Å²) in [5.41, 5.74) is 1.81. The Labute approximate surface area is 127 Å². The molecule has 2 aromatic carbocycles. The first kappa shape index (κ1) is 13.8. The van der Waals surface area contributed by atoms with E-state index in [1.165, 1.54) is 0 Å². The van der Waals surface area contributed by atoms with Gasteiger partial charge in [0, 0.05) is 6.07 Å². The highest BCUT2D eigenvalue weighted by atomic mass is 35.5. The zero-order valence-corrected chi connectivity index (χ0v) is 12.4. The molecule has 0 amide bonds. The van der Waals surface area contributed by atoms with Crippen LogP contribution in [0.5, 0.6) is 11.5 Å². The number of ether oxygens (including phenoxy) is 2.